The Bertz CT molecular complexity index is 390. The second-order valence-electron chi connectivity index (χ2n) is 5.40. The summed E-state index contributed by atoms with van der Waals surface area (Å²) in [4.78, 5) is 0. The SMILES string of the molecule is CCOC(C1CCCCC1)C(N)c1cccc(Cl)c1. The Kier molecular flexibility index (Phi) is 5.68. The molecule has 0 aromatic heterocycles. The van der Waals surface area contributed by atoms with Crippen LogP contribution >= 0.6 is 11.6 Å². The summed E-state index contributed by atoms with van der Waals surface area (Å²) in [6.45, 7) is 2.76. The fourth-order valence-corrected chi connectivity index (χ4v) is 3.29. The first-order valence-electron chi connectivity index (χ1n) is 7.35. The summed E-state index contributed by atoms with van der Waals surface area (Å²) in [7, 11) is 0. The Morgan fingerprint density at radius 3 is 2.68 bits per heavy atom. The highest BCUT2D eigenvalue weighted by molar-refractivity contribution is 6.30. The van der Waals surface area contributed by atoms with Crippen LogP contribution in [-0.4, -0.2) is 12.7 Å². The lowest BCUT2D eigenvalue weighted by Gasteiger charge is -2.34. The van der Waals surface area contributed by atoms with Crippen molar-refractivity contribution in [2.24, 2.45) is 11.7 Å². The Morgan fingerprint density at radius 1 is 1.32 bits per heavy atom. The zero-order valence-corrected chi connectivity index (χ0v) is 12.4. The molecule has 2 unspecified atom stereocenters. The van der Waals surface area contributed by atoms with Crippen molar-refractivity contribution in [3.8, 4) is 0 Å². The second-order valence-corrected chi connectivity index (χ2v) is 5.84. The quantitative estimate of drug-likeness (QED) is 0.872. The van der Waals surface area contributed by atoms with Crippen LogP contribution in [0.15, 0.2) is 24.3 Å². The predicted octanol–water partition coefficient (Wildman–Crippen LogP) is 4.33. The molecule has 0 spiro atoms. The lowest BCUT2D eigenvalue weighted by molar-refractivity contribution is -0.00985. The van der Waals surface area contributed by atoms with Crippen LogP contribution in [-0.2, 0) is 4.74 Å². The van der Waals surface area contributed by atoms with Gasteiger partial charge in [0.2, 0.25) is 0 Å². The summed E-state index contributed by atoms with van der Waals surface area (Å²) < 4.78 is 5.97. The van der Waals surface area contributed by atoms with Crippen molar-refractivity contribution in [2.75, 3.05) is 6.61 Å². The molecule has 2 nitrogen and oxygen atoms in total. The molecule has 0 bridgehead atoms. The molecule has 0 saturated heterocycles. The molecule has 0 aliphatic heterocycles. The van der Waals surface area contributed by atoms with E-state index >= 15 is 0 Å². The average molecular weight is 282 g/mol. The van der Waals surface area contributed by atoms with Gasteiger partial charge in [0.25, 0.3) is 0 Å². The molecule has 2 atom stereocenters. The number of hydrogen-bond donors (Lipinski definition) is 1. The van der Waals surface area contributed by atoms with Crippen LogP contribution in [0.1, 0.15) is 50.6 Å². The first kappa shape index (κ1) is 14.8. The van der Waals surface area contributed by atoms with E-state index in [1.54, 1.807) is 0 Å². The number of rotatable bonds is 5. The molecule has 1 aliphatic rings. The normalized spacial score (nSPS) is 20.2. The van der Waals surface area contributed by atoms with Crippen LogP contribution in [0.25, 0.3) is 0 Å². The lowest BCUT2D eigenvalue weighted by atomic mass is 9.81. The summed E-state index contributed by atoms with van der Waals surface area (Å²) in [5, 5.41) is 0.742. The Balaban J connectivity index is 2.12. The van der Waals surface area contributed by atoms with Crippen LogP contribution in [0.4, 0.5) is 0 Å². The maximum absolute atomic E-state index is 6.44. The number of benzene rings is 1. The van der Waals surface area contributed by atoms with Gasteiger partial charge in [0.05, 0.1) is 12.1 Å². The molecule has 1 fully saturated rings. The minimum absolute atomic E-state index is 0.0817. The van der Waals surface area contributed by atoms with E-state index in [2.05, 4.69) is 0 Å². The van der Waals surface area contributed by atoms with E-state index in [1.807, 2.05) is 31.2 Å². The summed E-state index contributed by atoms with van der Waals surface area (Å²) in [6, 6.07) is 7.77. The predicted molar refractivity (Wildman–Crippen MR) is 80.4 cm³/mol. The first-order chi connectivity index (χ1) is 9.22. The van der Waals surface area contributed by atoms with E-state index in [1.165, 1.54) is 32.1 Å². The fraction of sp³-hybridized carbons (Fsp3) is 0.625. The van der Waals surface area contributed by atoms with Gasteiger partial charge < -0.3 is 10.5 Å². The minimum Gasteiger partial charge on any atom is -0.376 e. The van der Waals surface area contributed by atoms with E-state index in [4.69, 9.17) is 22.1 Å². The van der Waals surface area contributed by atoms with Gasteiger partial charge in [-0.05, 0) is 43.4 Å². The van der Waals surface area contributed by atoms with Crippen LogP contribution in [0.3, 0.4) is 0 Å². The zero-order chi connectivity index (χ0) is 13.7. The van der Waals surface area contributed by atoms with E-state index in [0.717, 1.165) is 17.2 Å². The molecule has 1 aliphatic carbocycles. The highest BCUT2D eigenvalue weighted by atomic mass is 35.5. The van der Waals surface area contributed by atoms with E-state index < -0.39 is 0 Å². The Labute approximate surface area is 121 Å². The van der Waals surface area contributed by atoms with Gasteiger partial charge in [0.15, 0.2) is 0 Å². The van der Waals surface area contributed by atoms with E-state index in [-0.39, 0.29) is 12.1 Å². The topological polar surface area (TPSA) is 35.2 Å². The van der Waals surface area contributed by atoms with Gasteiger partial charge in [0.1, 0.15) is 0 Å². The van der Waals surface area contributed by atoms with Crippen molar-refractivity contribution >= 4 is 11.6 Å². The largest absolute Gasteiger partial charge is 0.376 e. The van der Waals surface area contributed by atoms with Gasteiger partial charge in [-0.15, -0.1) is 0 Å². The van der Waals surface area contributed by atoms with Crippen LogP contribution < -0.4 is 5.73 Å². The van der Waals surface area contributed by atoms with Crippen LogP contribution in [0.2, 0.25) is 5.02 Å². The molecule has 3 heteroatoms. The highest BCUT2D eigenvalue weighted by Gasteiger charge is 2.30. The molecule has 1 aromatic carbocycles. The number of ether oxygens (including phenoxy) is 1. The van der Waals surface area contributed by atoms with E-state index in [0.29, 0.717) is 5.92 Å². The van der Waals surface area contributed by atoms with Crippen molar-refractivity contribution in [1.82, 2.24) is 0 Å². The molecule has 1 saturated carbocycles. The molecule has 1 aromatic rings. The van der Waals surface area contributed by atoms with Gasteiger partial charge in [-0.1, -0.05) is 43.0 Å². The third kappa shape index (κ3) is 3.95. The average Bonchev–Trinajstić information content (AvgIpc) is 2.45. The number of halogens is 1. The molecule has 0 heterocycles. The molecular formula is C16H24ClNO. The van der Waals surface area contributed by atoms with Crippen molar-refractivity contribution in [1.29, 1.82) is 0 Å². The van der Waals surface area contributed by atoms with Crippen LogP contribution in [0, 0.1) is 5.92 Å². The maximum Gasteiger partial charge on any atom is 0.0795 e. The standard InChI is InChI=1S/C16H24ClNO/c1-2-19-16(12-7-4-3-5-8-12)15(18)13-9-6-10-14(17)11-13/h6,9-12,15-16H,2-5,7-8,18H2,1H3. The maximum atomic E-state index is 6.44. The smallest absolute Gasteiger partial charge is 0.0795 e. The van der Waals surface area contributed by atoms with Gasteiger partial charge in [-0.3, -0.25) is 0 Å². The summed E-state index contributed by atoms with van der Waals surface area (Å²) >= 11 is 6.06. The van der Waals surface area contributed by atoms with Gasteiger partial charge in [-0.2, -0.15) is 0 Å². The van der Waals surface area contributed by atoms with Crippen molar-refractivity contribution in [3.05, 3.63) is 34.9 Å². The molecule has 106 valence electrons. The Hall–Kier alpha value is -0.570. The highest BCUT2D eigenvalue weighted by Crippen LogP contribution is 2.33. The molecule has 0 amide bonds. The first-order valence-corrected chi connectivity index (χ1v) is 7.72. The molecule has 2 N–H and O–H groups in total. The Morgan fingerprint density at radius 2 is 2.05 bits per heavy atom. The fourth-order valence-electron chi connectivity index (χ4n) is 3.09. The molecule has 2 rings (SSSR count). The van der Waals surface area contributed by atoms with Gasteiger partial charge >= 0.3 is 0 Å². The van der Waals surface area contributed by atoms with Crippen molar-refractivity contribution < 1.29 is 4.74 Å². The second kappa shape index (κ2) is 7.28. The third-order valence-electron chi connectivity index (χ3n) is 4.06. The van der Waals surface area contributed by atoms with Crippen LogP contribution in [0.5, 0.6) is 0 Å². The monoisotopic (exact) mass is 281 g/mol. The van der Waals surface area contributed by atoms with E-state index in [9.17, 15) is 0 Å². The summed E-state index contributed by atoms with van der Waals surface area (Å²) in [5.74, 6) is 0.586. The number of hydrogen-bond acceptors (Lipinski definition) is 2. The molecule has 19 heavy (non-hydrogen) atoms. The summed E-state index contributed by atoms with van der Waals surface area (Å²) in [6.07, 6.45) is 6.54. The third-order valence-corrected chi connectivity index (χ3v) is 4.30. The molecular weight excluding hydrogens is 258 g/mol. The molecule has 0 radical (unpaired) electrons. The number of nitrogens with two attached hydrogens (primary N) is 1. The summed E-state index contributed by atoms with van der Waals surface area (Å²) in [5.41, 5.74) is 7.52. The van der Waals surface area contributed by atoms with Crippen molar-refractivity contribution in [3.63, 3.8) is 0 Å². The minimum atomic E-state index is -0.0817. The zero-order valence-electron chi connectivity index (χ0n) is 11.6. The van der Waals surface area contributed by atoms with Gasteiger partial charge in [0, 0.05) is 11.6 Å². The lowest BCUT2D eigenvalue weighted by Crippen LogP contribution is -2.36. The van der Waals surface area contributed by atoms with Gasteiger partial charge in [-0.25, -0.2) is 0 Å². The van der Waals surface area contributed by atoms with Crippen molar-refractivity contribution in [2.45, 2.75) is 51.2 Å².